The summed E-state index contributed by atoms with van der Waals surface area (Å²) in [5.74, 6) is 0.287. The van der Waals surface area contributed by atoms with Crippen LogP contribution in [0.5, 0.6) is 5.75 Å². The summed E-state index contributed by atoms with van der Waals surface area (Å²) in [5.41, 5.74) is 6.69. The fourth-order valence-corrected chi connectivity index (χ4v) is 2.31. The molecular formula is C10H12IN3O. The molecule has 0 aliphatic rings. The molecule has 3 N–H and O–H groups in total. The summed E-state index contributed by atoms with van der Waals surface area (Å²) in [6.07, 6.45) is 1.79. The van der Waals surface area contributed by atoms with Crippen LogP contribution in [-0.4, -0.2) is 20.9 Å². The summed E-state index contributed by atoms with van der Waals surface area (Å²) >= 11 is 2.12. The largest absolute Gasteiger partial charge is 0.507 e. The molecule has 15 heavy (non-hydrogen) atoms. The molecule has 1 aromatic heterocycles. The van der Waals surface area contributed by atoms with Crippen molar-refractivity contribution in [2.75, 3.05) is 0 Å². The molecule has 0 spiro atoms. The molecular weight excluding hydrogens is 305 g/mol. The Bertz CT molecular complexity index is 493. The van der Waals surface area contributed by atoms with Crippen molar-refractivity contribution in [2.24, 2.45) is 5.73 Å². The number of aromatic hydroxyl groups is 1. The van der Waals surface area contributed by atoms with Crippen molar-refractivity contribution in [3.05, 3.63) is 21.9 Å². The summed E-state index contributed by atoms with van der Waals surface area (Å²) in [4.78, 5) is 0. The van der Waals surface area contributed by atoms with Gasteiger partial charge in [0.25, 0.3) is 0 Å². The molecule has 5 heteroatoms. The number of aromatic nitrogens is 2. The van der Waals surface area contributed by atoms with E-state index in [2.05, 4.69) is 27.7 Å². The molecule has 2 aromatic rings. The van der Waals surface area contributed by atoms with Crippen LogP contribution >= 0.6 is 22.6 Å². The molecule has 1 atom stereocenters. The van der Waals surface area contributed by atoms with Crippen molar-refractivity contribution in [1.29, 1.82) is 0 Å². The van der Waals surface area contributed by atoms with Crippen LogP contribution < -0.4 is 5.73 Å². The summed E-state index contributed by atoms with van der Waals surface area (Å²) in [7, 11) is 0. The SMILES string of the molecule is C[C@H](N)Cn1ncc2ccc(O)c(I)c21. The van der Waals surface area contributed by atoms with E-state index in [1.807, 2.05) is 17.7 Å². The Hall–Kier alpha value is -0.820. The number of nitrogens with zero attached hydrogens (tertiary/aromatic N) is 2. The second-order valence-electron chi connectivity index (χ2n) is 3.64. The lowest BCUT2D eigenvalue weighted by Gasteiger charge is -2.08. The maximum absolute atomic E-state index is 9.61. The van der Waals surface area contributed by atoms with Crippen molar-refractivity contribution in [3.8, 4) is 5.75 Å². The second kappa shape index (κ2) is 3.97. The number of rotatable bonds is 2. The van der Waals surface area contributed by atoms with Crippen LogP contribution in [0.4, 0.5) is 0 Å². The number of phenolic OH excluding ortho intramolecular Hbond substituents is 1. The lowest BCUT2D eigenvalue weighted by molar-refractivity contribution is 0.471. The van der Waals surface area contributed by atoms with Crippen molar-refractivity contribution >= 4 is 33.5 Å². The number of halogens is 1. The molecule has 0 unspecified atom stereocenters. The van der Waals surface area contributed by atoms with Gasteiger partial charge in [0.05, 0.1) is 21.8 Å². The number of phenols is 1. The van der Waals surface area contributed by atoms with Crippen LogP contribution in [0.15, 0.2) is 18.3 Å². The van der Waals surface area contributed by atoms with E-state index in [1.54, 1.807) is 12.3 Å². The Balaban J connectivity index is 2.61. The third-order valence-corrected chi connectivity index (χ3v) is 3.25. The number of nitrogens with two attached hydrogens (primary N) is 1. The molecule has 0 amide bonds. The minimum atomic E-state index is 0.0475. The molecule has 1 heterocycles. The highest BCUT2D eigenvalue weighted by atomic mass is 127. The minimum absolute atomic E-state index is 0.0475. The van der Waals surface area contributed by atoms with Gasteiger partial charge < -0.3 is 10.8 Å². The van der Waals surface area contributed by atoms with Gasteiger partial charge >= 0.3 is 0 Å². The van der Waals surface area contributed by atoms with Gasteiger partial charge in [-0.3, -0.25) is 4.68 Å². The predicted molar refractivity (Wildman–Crippen MR) is 67.8 cm³/mol. The topological polar surface area (TPSA) is 64.1 Å². The van der Waals surface area contributed by atoms with E-state index in [0.717, 1.165) is 14.5 Å². The van der Waals surface area contributed by atoms with Gasteiger partial charge in [-0.2, -0.15) is 5.10 Å². The van der Waals surface area contributed by atoms with Gasteiger partial charge in [0.1, 0.15) is 5.75 Å². The highest BCUT2D eigenvalue weighted by Gasteiger charge is 2.10. The molecule has 2 rings (SSSR count). The van der Waals surface area contributed by atoms with Gasteiger partial charge in [-0.25, -0.2) is 0 Å². The van der Waals surface area contributed by atoms with Crippen LogP contribution in [0.25, 0.3) is 10.9 Å². The molecule has 1 aromatic carbocycles. The first-order valence-electron chi connectivity index (χ1n) is 4.68. The zero-order chi connectivity index (χ0) is 11.0. The summed E-state index contributed by atoms with van der Waals surface area (Å²) < 4.78 is 2.66. The molecule has 0 radical (unpaired) electrons. The smallest absolute Gasteiger partial charge is 0.131 e. The summed E-state index contributed by atoms with van der Waals surface area (Å²) in [5, 5.41) is 14.9. The van der Waals surface area contributed by atoms with Crippen molar-refractivity contribution in [1.82, 2.24) is 9.78 Å². The van der Waals surface area contributed by atoms with E-state index >= 15 is 0 Å². The van der Waals surface area contributed by atoms with Gasteiger partial charge in [0.2, 0.25) is 0 Å². The normalized spacial score (nSPS) is 13.3. The fourth-order valence-electron chi connectivity index (χ4n) is 1.54. The zero-order valence-electron chi connectivity index (χ0n) is 8.31. The fraction of sp³-hybridized carbons (Fsp3) is 0.300. The van der Waals surface area contributed by atoms with Crippen LogP contribution in [0.1, 0.15) is 6.92 Å². The maximum Gasteiger partial charge on any atom is 0.131 e. The second-order valence-corrected chi connectivity index (χ2v) is 4.72. The Kier molecular flexibility index (Phi) is 2.83. The molecule has 0 fully saturated rings. The van der Waals surface area contributed by atoms with Gasteiger partial charge in [0.15, 0.2) is 0 Å². The highest BCUT2D eigenvalue weighted by Crippen LogP contribution is 2.28. The van der Waals surface area contributed by atoms with Crippen LogP contribution in [0.2, 0.25) is 0 Å². The van der Waals surface area contributed by atoms with Gasteiger partial charge in [-0.15, -0.1) is 0 Å². The molecule has 4 nitrogen and oxygen atoms in total. The number of fused-ring (bicyclic) bond motifs is 1. The standard InChI is InChI=1S/C10H12IN3O/c1-6(12)5-14-10-7(4-13-14)2-3-8(15)9(10)11/h2-4,6,15H,5,12H2,1H3/t6-/m0/s1. The van der Waals surface area contributed by atoms with Gasteiger partial charge in [-0.1, -0.05) is 0 Å². The summed E-state index contributed by atoms with van der Waals surface area (Å²) in [6, 6.07) is 3.59. The Labute approximate surface area is 101 Å². The Morgan fingerprint density at radius 3 is 3.00 bits per heavy atom. The minimum Gasteiger partial charge on any atom is -0.507 e. The van der Waals surface area contributed by atoms with Crippen LogP contribution in [0.3, 0.4) is 0 Å². The number of hydrogen-bond donors (Lipinski definition) is 2. The molecule has 0 aliphatic heterocycles. The van der Waals surface area contributed by atoms with Crippen molar-refractivity contribution in [3.63, 3.8) is 0 Å². The molecule has 0 saturated carbocycles. The lowest BCUT2D eigenvalue weighted by atomic mass is 10.2. The first kappa shape index (κ1) is 10.7. The zero-order valence-corrected chi connectivity index (χ0v) is 10.5. The third-order valence-electron chi connectivity index (χ3n) is 2.18. The Morgan fingerprint density at radius 2 is 2.33 bits per heavy atom. The van der Waals surface area contributed by atoms with Crippen molar-refractivity contribution < 1.29 is 5.11 Å². The lowest BCUT2D eigenvalue weighted by Crippen LogP contribution is -2.22. The molecule has 80 valence electrons. The Morgan fingerprint density at radius 1 is 1.60 bits per heavy atom. The first-order chi connectivity index (χ1) is 7.09. The monoisotopic (exact) mass is 317 g/mol. The third kappa shape index (κ3) is 1.93. The average molecular weight is 317 g/mol. The quantitative estimate of drug-likeness (QED) is 0.829. The molecule has 0 bridgehead atoms. The molecule has 0 aliphatic carbocycles. The van der Waals surface area contributed by atoms with E-state index in [4.69, 9.17) is 5.73 Å². The highest BCUT2D eigenvalue weighted by molar-refractivity contribution is 14.1. The predicted octanol–water partition coefficient (Wildman–Crippen LogP) is 1.69. The van der Waals surface area contributed by atoms with Gasteiger partial charge in [-0.05, 0) is 41.6 Å². The van der Waals surface area contributed by atoms with Crippen LogP contribution in [0, 0.1) is 3.57 Å². The van der Waals surface area contributed by atoms with E-state index < -0.39 is 0 Å². The van der Waals surface area contributed by atoms with E-state index in [0.29, 0.717) is 6.54 Å². The van der Waals surface area contributed by atoms with E-state index in [1.165, 1.54) is 0 Å². The van der Waals surface area contributed by atoms with E-state index in [9.17, 15) is 5.11 Å². The van der Waals surface area contributed by atoms with Gasteiger partial charge in [0, 0.05) is 11.4 Å². The van der Waals surface area contributed by atoms with Crippen LogP contribution in [-0.2, 0) is 6.54 Å². The van der Waals surface area contributed by atoms with E-state index in [-0.39, 0.29) is 11.8 Å². The summed E-state index contributed by atoms with van der Waals surface area (Å²) in [6.45, 7) is 2.59. The van der Waals surface area contributed by atoms with Crippen molar-refractivity contribution in [2.45, 2.75) is 19.5 Å². The average Bonchev–Trinajstić information content (AvgIpc) is 2.55. The number of benzene rings is 1. The first-order valence-corrected chi connectivity index (χ1v) is 5.76. The molecule has 0 saturated heterocycles. The maximum atomic E-state index is 9.61. The number of hydrogen-bond acceptors (Lipinski definition) is 3.